The smallest absolute Gasteiger partial charge is 0.112 e. The summed E-state index contributed by atoms with van der Waals surface area (Å²) >= 11 is 1.77. The second-order valence-electron chi connectivity index (χ2n) is 5.68. The van der Waals surface area contributed by atoms with Gasteiger partial charge in [0, 0.05) is 10.3 Å². The molecule has 2 N–H and O–H groups in total. The fourth-order valence-electron chi connectivity index (χ4n) is 2.76. The van der Waals surface area contributed by atoms with E-state index in [2.05, 4.69) is 52.7 Å². The lowest BCUT2D eigenvalue weighted by atomic mass is 9.80. The Hall–Kier alpha value is -1.26. The molecular formula is C16H21N3S. The molecule has 4 heteroatoms. The Morgan fingerprint density at radius 1 is 1.15 bits per heavy atom. The molecule has 0 atom stereocenters. The summed E-state index contributed by atoms with van der Waals surface area (Å²) < 4.78 is 0. The lowest BCUT2D eigenvalue weighted by Crippen LogP contribution is -2.38. The van der Waals surface area contributed by atoms with Crippen molar-refractivity contribution in [3.8, 4) is 11.3 Å². The number of thioether (sulfide) groups is 1. The Morgan fingerprint density at radius 3 is 2.50 bits per heavy atom. The number of aromatic nitrogens is 2. The SMILES string of the molecule is CSc1ccc(-c2cnc(C3(C)CCNCC3)[nH]2)cc1. The second-order valence-corrected chi connectivity index (χ2v) is 6.56. The summed E-state index contributed by atoms with van der Waals surface area (Å²) in [5, 5.41) is 3.42. The van der Waals surface area contributed by atoms with Gasteiger partial charge < -0.3 is 10.3 Å². The Kier molecular flexibility index (Phi) is 3.85. The molecule has 2 heterocycles. The van der Waals surface area contributed by atoms with Crippen LogP contribution in [0.5, 0.6) is 0 Å². The molecule has 0 spiro atoms. The molecule has 0 aliphatic carbocycles. The van der Waals surface area contributed by atoms with Gasteiger partial charge in [0.15, 0.2) is 0 Å². The zero-order valence-corrected chi connectivity index (χ0v) is 12.9. The quantitative estimate of drug-likeness (QED) is 0.850. The monoisotopic (exact) mass is 287 g/mol. The first-order valence-corrected chi connectivity index (χ1v) is 8.34. The van der Waals surface area contributed by atoms with E-state index in [0.29, 0.717) is 0 Å². The van der Waals surface area contributed by atoms with Gasteiger partial charge in [-0.25, -0.2) is 4.98 Å². The predicted molar refractivity (Wildman–Crippen MR) is 85.3 cm³/mol. The third kappa shape index (κ3) is 2.63. The summed E-state index contributed by atoms with van der Waals surface area (Å²) in [6.45, 7) is 4.47. The van der Waals surface area contributed by atoms with E-state index >= 15 is 0 Å². The van der Waals surface area contributed by atoms with Crippen LogP contribution in [0.2, 0.25) is 0 Å². The van der Waals surface area contributed by atoms with Gasteiger partial charge in [-0.05, 0) is 49.9 Å². The van der Waals surface area contributed by atoms with Gasteiger partial charge >= 0.3 is 0 Å². The van der Waals surface area contributed by atoms with Crippen LogP contribution in [-0.4, -0.2) is 29.3 Å². The molecule has 2 aromatic rings. The Labute approximate surface area is 124 Å². The van der Waals surface area contributed by atoms with Crippen molar-refractivity contribution in [2.75, 3.05) is 19.3 Å². The molecule has 1 aliphatic heterocycles. The number of H-pyrrole nitrogens is 1. The molecule has 1 saturated heterocycles. The van der Waals surface area contributed by atoms with E-state index in [0.717, 1.165) is 37.4 Å². The highest BCUT2D eigenvalue weighted by atomic mass is 32.2. The molecule has 0 saturated carbocycles. The number of aromatic amines is 1. The van der Waals surface area contributed by atoms with Crippen molar-refractivity contribution < 1.29 is 0 Å². The molecule has 1 aromatic carbocycles. The average molecular weight is 287 g/mol. The van der Waals surface area contributed by atoms with Gasteiger partial charge in [-0.1, -0.05) is 19.1 Å². The highest BCUT2D eigenvalue weighted by molar-refractivity contribution is 7.98. The summed E-state index contributed by atoms with van der Waals surface area (Å²) in [6.07, 6.45) is 6.36. The molecule has 20 heavy (non-hydrogen) atoms. The van der Waals surface area contributed by atoms with E-state index in [1.54, 1.807) is 11.8 Å². The summed E-state index contributed by atoms with van der Waals surface area (Å²) in [5.41, 5.74) is 2.51. The normalized spacial score (nSPS) is 18.1. The predicted octanol–water partition coefficient (Wildman–Crippen LogP) is 3.44. The highest BCUT2D eigenvalue weighted by Crippen LogP contribution is 2.32. The molecular weight excluding hydrogens is 266 g/mol. The zero-order valence-electron chi connectivity index (χ0n) is 12.1. The highest BCUT2D eigenvalue weighted by Gasteiger charge is 2.31. The van der Waals surface area contributed by atoms with Crippen LogP contribution >= 0.6 is 11.8 Å². The van der Waals surface area contributed by atoms with Crippen LogP contribution in [0, 0.1) is 0 Å². The summed E-state index contributed by atoms with van der Waals surface area (Å²) in [7, 11) is 0. The molecule has 3 rings (SSSR count). The third-order valence-electron chi connectivity index (χ3n) is 4.26. The third-order valence-corrected chi connectivity index (χ3v) is 5.00. The molecule has 0 amide bonds. The van der Waals surface area contributed by atoms with Crippen molar-refractivity contribution in [3.05, 3.63) is 36.3 Å². The maximum Gasteiger partial charge on any atom is 0.112 e. The van der Waals surface area contributed by atoms with Crippen LogP contribution in [0.1, 0.15) is 25.6 Å². The van der Waals surface area contributed by atoms with E-state index in [1.165, 1.54) is 10.5 Å². The van der Waals surface area contributed by atoms with Gasteiger partial charge in [-0.2, -0.15) is 0 Å². The molecule has 1 fully saturated rings. The Morgan fingerprint density at radius 2 is 1.85 bits per heavy atom. The van der Waals surface area contributed by atoms with E-state index in [-0.39, 0.29) is 5.41 Å². The Bertz CT molecular complexity index is 568. The van der Waals surface area contributed by atoms with Crippen LogP contribution in [0.3, 0.4) is 0 Å². The molecule has 0 unspecified atom stereocenters. The summed E-state index contributed by atoms with van der Waals surface area (Å²) in [6, 6.07) is 8.64. The molecule has 0 bridgehead atoms. The summed E-state index contributed by atoms with van der Waals surface area (Å²) in [5.74, 6) is 1.13. The first-order valence-electron chi connectivity index (χ1n) is 7.12. The zero-order chi connectivity index (χ0) is 14.0. The number of imidazole rings is 1. The van der Waals surface area contributed by atoms with E-state index < -0.39 is 0 Å². The number of hydrogen-bond donors (Lipinski definition) is 2. The number of nitrogens with zero attached hydrogens (tertiary/aromatic N) is 1. The molecule has 106 valence electrons. The minimum atomic E-state index is 0.183. The van der Waals surface area contributed by atoms with Crippen molar-refractivity contribution in [3.63, 3.8) is 0 Å². The largest absolute Gasteiger partial charge is 0.342 e. The average Bonchev–Trinajstić information content (AvgIpc) is 2.99. The van der Waals surface area contributed by atoms with Gasteiger partial charge in [0.05, 0.1) is 11.9 Å². The van der Waals surface area contributed by atoms with Gasteiger partial charge in [0.25, 0.3) is 0 Å². The molecule has 3 nitrogen and oxygen atoms in total. The standard InChI is InChI=1S/C16H21N3S/c1-16(7-9-17-10-8-16)15-18-11-14(19-15)12-3-5-13(20-2)6-4-12/h3-6,11,17H,7-10H2,1-2H3,(H,18,19). The minimum absolute atomic E-state index is 0.183. The maximum atomic E-state index is 4.64. The van der Waals surface area contributed by atoms with Gasteiger partial charge in [-0.3, -0.25) is 0 Å². The van der Waals surface area contributed by atoms with Gasteiger partial charge in [0.2, 0.25) is 0 Å². The van der Waals surface area contributed by atoms with E-state index in [9.17, 15) is 0 Å². The summed E-state index contributed by atoms with van der Waals surface area (Å²) in [4.78, 5) is 9.46. The fourth-order valence-corrected chi connectivity index (χ4v) is 3.17. The van der Waals surface area contributed by atoms with Crippen molar-refractivity contribution in [1.29, 1.82) is 0 Å². The van der Waals surface area contributed by atoms with Crippen molar-refractivity contribution in [1.82, 2.24) is 15.3 Å². The maximum absolute atomic E-state index is 4.64. The number of hydrogen-bond acceptors (Lipinski definition) is 3. The number of rotatable bonds is 3. The first-order chi connectivity index (χ1) is 9.71. The van der Waals surface area contributed by atoms with E-state index in [1.807, 2.05) is 6.20 Å². The number of benzene rings is 1. The van der Waals surface area contributed by atoms with Crippen molar-refractivity contribution >= 4 is 11.8 Å². The van der Waals surface area contributed by atoms with Crippen LogP contribution in [0.25, 0.3) is 11.3 Å². The lowest BCUT2D eigenvalue weighted by Gasteiger charge is -2.32. The number of piperidine rings is 1. The van der Waals surface area contributed by atoms with Crippen LogP contribution in [-0.2, 0) is 5.41 Å². The van der Waals surface area contributed by atoms with Gasteiger partial charge in [0.1, 0.15) is 5.82 Å². The lowest BCUT2D eigenvalue weighted by molar-refractivity contribution is 0.321. The fraction of sp³-hybridized carbons (Fsp3) is 0.438. The van der Waals surface area contributed by atoms with Crippen LogP contribution in [0.4, 0.5) is 0 Å². The molecule has 1 aliphatic rings. The van der Waals surface area contributed by atoms with E-state index in [4.69, 9.17) is 0 Å². The minimum Gasteiger partial charge on any atom is -0.342 e. The first kappa shape index (κ1) is 13.7. The molecule has 0 radical (unpaired) electrons. The van der Waals surface area contributed by atoms with Crippen LogP contribution in [0.15, 0.2) is 35.4 Å². The molecule has 1 aromatic heterocycles. The van der Waals surface area contributed by atoms with Crippen molar-refractivity contribution in [2.45, 2.75) is 30.1 Å². The van der Waals surface area contributed by atoms with Crippen LogP contribution < -0.4 is 5.32 Å². The number of nitrogens with one attached hydrogen (secondary N) is 2. The second kappa shape index (κ2) is 5.62. The van der Waals surface area contributed by atoms with Gasteiger partial charge in [-0.15, -0.1) is 11.8 Å². The topological polar surface area (TPSA) is 40.7 Å². The Balaban J connectivity index is 1.85. The van der Waals surface area contributed by atoms with Crippen molar-refractivity contribution in [2.24, 2.45) is 0 Å².